The smallest absolute Gasteiger partial charge is 0.463 e. The van der Waals surface area contributed by atoms with E-state index < -0.39 is 53.7 Å². The number of aromatic amines is 1. The van der Waals surface area contributed by atoms with E-state index in [4.69, 9.17) is 23.7 Å². The highest BCUT2D eigenvalue weighted by Crippen LogP contribution is 2.36. The molecule has 3 rings (SSSR count). The van der Waals surface area contributed by atoms with Gasteiger partial charge in [0.05, 0.1) is 5.92 Å². The number of hydrogen-bond donors (Lipinski definition) is 1. The van der Waals surface area contributed by atoms with Crippen LogP contribution in [0.25, 0.3) is 0 Å². The van der Waals surface area contributed by atoms with Gasteiger partial charge >= 0.3 is 23.8 Å². The van der Waals surface area contributed by atoms with Crippen molar-refractivity contribution in [2.45, 2.75) is 38.9 Å². The Bertz CT molecular complexity index is 1130. The third-order valence-electron chi connectivity index (χ3n) is 4.97. The predicted octanol–water partition coefficient (Wildman–Crippen LogP) is 0.898. The van der Waals surface area contributed by atoms with E-state index in [0.29, 0.717) is 0 Å². The molecule has 1 aliphatic heterocycles. The van der Waals surface area contributed by atoms with E-state index in [9.17, 15) is 24.0 Å². The van der Waals surface area contributed by atoms with E-state index in [1.807, 2.05) is 6.07 Å². The molecule has 2 heterocycles. The van der Waals surface area contributed by atoms with Crippen LogP contribution in [0.2, 0.25) is 0 Å². The number of benzene rings is 1. The summed E-state index contributed by atoms with van der Waals surface area (Å²) in [6.45, 7) is 1.77. The Morgan fingerprint density at radius 2 is 1.71 bits per heavy atom. The number of carbonyl (C=O) groups is 3. The first-order valence-corrected chi connectivity index (χ1v) is 10.4. The van der Waals surface area contributed by atoms with Crippen LogP contribution in [0.5, 0.6) is 0 Å². The van der Waals surface area contributed by atoms with Crippen molar-refractivity contribution in [3.63, 3.8) is 0 Å². The molecule has 0 unspecified atom stereocenters. The first kappa shape index (κ1) is 24.7. The van der Waals surface area contributed by atoms with Crippen LogP contribution in [-0.4, -0.2) is 53.1 Å². The molecule has 1 aromatic carbocycles. The third kappa shape index (κ3) is 6.54. The van der Waals surface area contributed by atoms with Crippen molar-refractivity contribution in [3.8, 4) is 0 Å². The topological polar surface area (TPSA) is 152 Å². The number of hydrogen-bond acceptors (Lipinski definition) is 10. The number of aromatic nitrogens is 2. The highest BCUT2D eigenvalue weighted by Gasteiger charge is 2.49. The van der Waals surface area contributed by atoms with Gasteiger partial charge in [0.1, 0.15) is 25.9 Å². The molecule has 0 amide bonds. The van der Waals surface area contributed by atoms with Crippen molar-refractivity contribution in [1.82, 2.24) is 9.55 Å². The highest BCUT2D eigenvalue weighted by atomic mass is 16.7. The van der Waals surface area contributed by atoms with Gasteiger partial charge in [-0.3, -0.25) is 23.9 Å². The van der Waals surface area contributed by atoms with Gasteiger partial charge in [0.2, 0.25) is 0 Å². The SMILES string of the molecule is CC(=O)OC[C@H]1O[C@@H](n2ccc(=O)[nH]c2=O)[C@H](OC(C)=O)[C@@H]1COC(=O)OCc1ccccc1. The Morgan fingerprint density at radius 3 is 2.35 bits per heavy atom. The minimum Gasteiger partial charge on any atom is -0.463 e. The Labute approximate surface area is 193 Å². The molecule has 12 nitrogen and oxygen atoms in total. The summed E-state index contributed by atoms with van der Waals surface area (Å²) in [5.74, 6) is -2.09. The Kier molecular flexibility index (Phi) is 8.19. The lowest BCUT2D eigenvalue weighted by atomic mass is 9.99. The fourth-order valence-electron chi connectivity index (χ4n) is 3.46. The molecule has 1 fully saturated rings. The molecule has 12 heteroatoms. The summed E-state index contributed by atoms with van der Waals surface area (Å²) in [6, 6.07) is 10.1. The molecular weight excluding hydrogens is 452 g/mol. The molecule has 1 N–H and O–H groups in total. The average Bonchev–Trinajstić information content (AvgIpc) is 3.11. The molecule has 2 aromatic rings. The lowest BCUT2D eigenvalue weighted by molar-refractivity contribution is -0.154. The number of H-pyrrole nitrogens is 1. The van der Waals surface area contributed by atoms with Crippen LogP contribution in [0.1, 0.15) is 25.6 Å². The van der Waals surface area contributed by atoms with Crippen LogP contribution in [-0.2, 0) is 39.9 Å². The summed E-state index contributed by atoms with van der Waals surface area (Å²) in [5.41, 5.74) is -0.669. The maximum absolute atomic E-state index is 12.3. The number of carbonyl (C=O) groups excluding carboxylic acids is 3. The second-order valence-electron chi connectivity index (χ2n) is 7.46. The summed E-state index contributed by atoms with van der Waals surface area (Å²) in [4.78, 5) is 61.1. The number of nitrogens with zero attached hydrogens (tertiary/aromatic N) is 1. The fourth-order valence-corrected chi connectivity index (χ4v) is 3.46. The lowest BCUT2D eigenvalue weighted by Gasteiger charge is -2.24. The minimum absolute atomic E-state index is 0.0134. The second kappa shape index (κ2) is 11.3. The molecule has 0 radical (unpaired) electrons. The summed E-state index contributed by atoms with van der Waals surface area (Å²) < 4.78 is 27.6. The van der Waals surface area contributed by atoms with Crippen LogP contribution in [0.3, 0.4) is 0 Å². The van der Waals surface area contributed by atoms with E-state index in [2.05, 4.69) is 4.98 Å². The van der Waals surface area contributed by atoms with Crippen LogP contribution < -0.4 is 11.2 Å². The molecule has 182 valence electrons. The first-order valence-electron chi connectivity index (χ1n) is 10.4. The van der Waals surface area contributed by atoms with Crippen LogP contribution >= 0.6 is 0 Å². The summed E-state index contributed by atoms with van der Waals surface area (Å²) in [5, 5.41) is 0. The van der Waals surface area contributed by atoms with Crippen LogP contribution in [0.15, 0.2) is 52.2 Å². The van der Waals surface area contributed by atoms with Crippen molar-refractivity contribution < 1.29 is 38.1 Å². The molecule has 1 aliphatic rings. The predicted molar refractivity (Wildman–Crippen MR) is 113 cm³/mol. The lowest BCUT2D eigenvalue weighted by Crippen LogP contribution is -2.39. The number of rotatable bonds is 8. The van der Waals surface area contributed by atoms with E-state index in [1.165, 1.54) is 13.1 Å². The highest BCUT2D eigenvalue weighted by molar-refractivity contribution is 5.66. The third-order valence-corrected chi connectivity index (χ3v) is 4.97. The molecule has 0 spiro atoms. The number of nitrogens with one attached hydrogen (secondary N) is 1. The van der Waals surface area contributed by atoms with Gasteiger partial charge in [-0.25, -0.2) is 9.59 Å². The number of esters is 2. The van der Waals surface area contributed by atoms with Crippen molar-refractivity contribution >= 4 is 18.1 Å². The first-order chi connectivity index (χ1) is 16.2. The van der Waals surface area contributed by atoms with E-state index in [-0.39, 0.29) is 19.8 Å². The largest absolute Gasteiger partial charge is 0.508 e. The van der Waals surface area contributed by atoms with Gasteiger partial charge in [0, 0.05) is 26.1 Å². The van der Waals surface area contributed by atoms with Gasteiger partial charge in [0.15, 0.2) is 12.3 Å². The molecule has 1 saturated heterocycles. The van der Waals surface area contributed by atoms with Gasteiger partial charge in [0.25, 0.3) is 5.56 Å². The maximum Gasteiger partial charge on any atom is 0.508 e. The molecule has 0 bridgehead atoms. The normalized spacial score (nSPS) is 21.5. The molecule has 4 atom stereocenters. The number of ether oxygens (including phenoxy) is 5. The van der Waals surface area contributed by atoms with Crippen molar-refractivity contribution in [3.05, 3.63) is 69.0 Å². The van der Waals surface area contributed by atoms with Gasteiger partial charge in [-0.1, -0.05) is 30.3 Å². The maximum atomic E-state index is 12.3. The minimum atomic E-state index is -1.18. The molecule has 1 aromatic heterocycles. The summed E-state index contributed by atoms with van der Waals surface area (Å²) in [7, 11) is 0. The monoisotopic (exact) mass is 476 g/mol. The van der Waals surface area contributed by atoms with Gasteiger partial charge in [-0.15, -0.1) is 0 Å². The Balaban J connectivity index is 1.78. The molecule has 34 heavy (non-hydrogen) atoms. The van der Waals surface area contributed by atoms with E-state index in [0.717, 1.165) is 23.1 Å². The summed E-state index contributed by atoms with van der Waals surface area (Å²) in [6.07, 6.45) is -2.98. The molecule has 0 saturated carbocycles. The zero-order chi connectivity index (χ0) is 24.7. The standard InChI is InChI=1S/C22H24N2O10/c1-13(25)30-12-17-16(11-32-22(29)31-10-15-6-4-3-5-7-15)19(33-14(2)26)20(34-17)24-9-8-18(27)23-21(24)28/h3-9,16-17,19-20H,10-12H2,1-2H3,(H,23,27,28)/t16-,17-,19-,20-/m1/s1. The van der Waals surface area contributed by atoms with Crippen LogP contribution in [0.4, 0.5) is 4.79 Å². The van der Waals surface area contributed by atoms with Crippen molar-refractivity contribution in [1.29, 1.82) is 0 Å². The average molecular weight is 476 g/mol. The summed E-state index contributed by atoms with van der Waals surface area (Å²) >= 11 is 0. The Hall–Kier alpha value is -3.93. The van der Waals surface area contributed by atoms with Crippen molar-refractivity contribution in [2.75, 3.05) is 13.2 Å². The van der Waals surface area contributed by atoms with Gasteiger partial charge in [-0.05, 0) is 5.56 Å². The van der Waals surface area contributed by atoms with E-state index >= 15 is 0 Å². The molecule has 0 aliphatic carbocycles. The second-order valence-corrected chi connectivity index (χ2v) is 7.46. The Morgan fingerprint density at radius 1 is 0.971 bits per heavy atom. The fraction of sp³-hybridized carbons (Fsp3) is 0.409. The molecular formula is C22H24N2O10. The van der Waals surface area contributed by atoms with Gasteiger partial charge in [-0.2, -0.15) is 0 Å². The van der Waals surface area contributed by atoms with Crippen molar-refractivity contribution in [2.24, 2.45) is 5.92 Å². The van der Waals surface area contributed by atoms with E-state index in [1.54, 1.807) is 24.3 Å². The zero-order valence-electron chi connectivity index (χ0n) is 18.5. The van der Waals surface area contributed by atoms with Gasteiger partial charge < -0.3 is 23.7 Å². The van der Waals surface area contributed by atoms with Crippen LogP contribution in [0, 0.1) is 5.92 Å². The quantitative estimate of drug-likeness (QED) is 0.429. The zero-order valence-corrected chi connectivity index (χ0v) is 18.5.